The number of amides is 4. The third-order valence-electron chi connectivity index (χ3n) is 3.90. The number of imidazole rings is 1. The van der Waals surface area contributed by atoms with E-state index in [4.69, 9.17) is 11.5 Å². The quantitative estimate of drug-likeness (QED) is 0.161. The van der Waals surface area contributed by atoms with Crippen LogP contribution in [0.5, 0.6) is 0 Å². The van der Waals surface area contributed by atoms with E-state index in [1.54, 1.807) is 0 Å². The number of aromatic nitrogens is 2. The number of hydrogen-bond acceptors (Lipinski definition) is 8. The number of carboxylic acids is 1. The summed E-state index contributed by atoms with van der Waals surface area (Å²) in [7, 11) is 0. The van der Waals surface area contributed by atoms with E-state index in [1.807, 2.05) is 0 Å². The van der Waals surface area contributed by atoms with Crippen LogP contribution in [0.25, 0.3) is 0 Å². The van der Waals surface area contributed by atoms with Crippen molar-refractivity contribution < 1.29 is 34.2 Å². The Morgan fingerprint density at radius 1 is 1.17 bits per heavy atom. The standard InChI is InChI=1S/C16H25N7O7/c1-7(24)13(18)15(28)23-9(3-11(17)25)14(27)20-5-12(26)22-10(16(29)30)2-8-4-19-6-21-8/h4,6-7,9-10,13,24H,2-3,5,18H2,1H3,(H2,17,25)(H,19,21)(H,20,27)(H,22,26)(H,23,28)(H,29,30). The molecule has 4 amide bonds. The van der Waals surface area contributed by atoms with E-state index in [0.29, 0.717) is 5.69 Å². The van der Waals surface area contributed by atoms with Crippen LogP contribution in [0, 0.1) is 0 Å². The van der Waals surface area contributed by atoms with E-state index in [9.17, 15) is 34.2 Å². The van der Waals surface area contributed by atoms with Crippen LogP contribution in [0.15, 0.2) is 12.5 Å². The highest BCUT2D eigenvalue weighted by atomic mass is 16.4. The summed E-state index contributed by atoms with van der Waals surface area (Å²) in [6, 6.07) is -4.07. The van der Waals surface area contributed by atoms with Crippen LogP contribution >= 0.6 is 0 Å². The number of aliphatic hydroxyl groups is 1. The van der Waals surface area contributed by atoms with Gasteiger partial charge in [0.1, 0.15) is 18.1 Å². The second kappa shape index (κ2) is 11.5. The highest BCUT2D eigenvalue weighted by Crippen LogP contribution is 1.99. The van der Waals surface area contributed by atoms with Crippen molar-refractivity contribution in [3.05, 3.63) is 18.2 Å². The molecule has 4 unspecified atom stereocenters. The minimum atomic E-state index is -1.44. The van der Waals surface area contributed by atoms with E-state index in [-0.39, 0.29) is 6.42 Å². The molecule has 1 heterocycles. The zero-order chi connectivity index (χ0) is 22.8. The summed E-state index contributed by atoms with van der Waals surface area (Å²) in [5.74, 6) is -4.84. The van der Waals surface area contributed by atoms with Crippen LogP contribution < -0.4 is 27.4 Å². The first-order chi connectivity index (χ1) is 14.0. The van der Waals surface area contributed by atoms with Crippen LogP contribution in [0.4, 0.5) is 0 Å². The lowest BCUT2D eigenvalue weighted by molar-refractivity contribution is -0.141. The van der Waals surface area contributed by atoms with Gasteiger partial charge in [0.25, 0.3) is 0 Å². The number of nitrogens with one attached hydrogen (secondary N) is 4. The number of hydrogen-bond donors (Lipinski definition) is 8. The fourth-order valence-corrected chi connectivity index (χ4v) is 2.25. The van der Waals surface area contributed by atoms with E-state index < -0.39 is 66.8 Å². The summed E-state index contributed by atoms with van der Waals surface area (Å²) in [5.41, 5.74) is 11.0. The van der Waals surface area contributed by atoms with Crippen molar-refractivity contribution in [1.29, 1.82) is 0 Å². The van der Waals surface area contributed by atoms with Gasteiger partial charge in [-0.2, -0.15) is 0 Å². The second-order valence-corrected chi connectivity index (χ2v) is 6.46. The van der Waals surface area contributed by atoms with Crippen LogP contribution in [-0.4, -0.2) is 80.6 Å². The molecule has 0 saturated heterocycles. The van der Waals surface area contributed by atoms with Crippen molar-refractivity contribution in [3.63, 3.8) is 0 Å². The molecular formula is C16H25N7O7. The lowest BCUT2D eigenvalue weighted by Gasteiger charge is -2.21. The molecule has 0 aliphatic carbocycles. The van der Waals surface area contributed by atoms with Gasteiger partial charge in [0.15, 0.2) is 0 Å². The van der Waals surface area contributed by atoms with Gasteiger partial charge in [-0.3, -0.25) is 19.2 Å². The van der Waals surface area contributed by atoms with E-state index in [0.717, 1.165) is 0 Å². The summed E-state index contributed by atoms with van der Waals surface area (Å²) >= 11 is 0. The lowest BCUT2D eigenvalue weighted by Crippen LogP contribution is -2.56. The van der Waals surface area contributed by atoms with Gasteiger partial charge in [0.2, 0.25) is 23.6 Å². The third-order valence-corrected chi connectivity index (χ3v) is 3.90. The van der Waals surface area contributed by atoms with Crippen molar-refractivity contribution >= 4 is 29.6 Å². The largest absolute Gasteiger partial charge is 0.480 e. The van der Waals surface area contributed by atoms with Crippen LogP contribution in [0.2, 0.25) is 0 Å². The summed E-state index contributed by atoms with van der Waals surface area (Å²) in [4.78, 5) is 65.1. The first kappa shape index (κ1) is 24.5. The second-order valence-electron chi connectivity index (χ2n) is 6.46. The number of carboxylic acid groups (broad SMARTS) is 1. The third kappa shape index (κ3) is 8.24. The van der Waals surface area contributed by atoms with Crippen molar-refractivity contribution in [3.8, 4) is 0 Å². The molecule has 14 nitrogen and oxygen atoms in total. The van der Waals surface area contributed by atoms with Gasteiger partial charge < -0.3 is 42.6 Å². The molecule has 0 aromatic carbocycles. The Morgan fingerprint density at radius 2 is 1.83 bits per heavy atom. The van der Waals surface area contributed by atoms with Crippen molar-refractivity contribution in [2.45, 2.75) is 44.0 Å². The minimum Gasteiger partial charge on any atom is -0.480 e. The molecule has 4 atom stereocenters. The van der Waals surface area contributed by atoms with Crippen molar-refractivity contribution in [2.24, 2.45) is 11.5 Å². The minimum absolute atomic E-state index is 0.0629. The molecule has 30 heavy (non-hydrogen) atoms. The predicted octanol–water partition coefficient (Wildman–Crippen LogP) is -4.29. The fourth-order valence-electron chi connectivity index (χ4n) is 2.25. The number of carbonyl (C=O) groups is 5. The average Bonchev–Trinajstić information content (AvgIpc) is 3.16. The summed E-state index contributed by atoms with van der Waals surface area (Å²) < 4.78 is 0. The molecule has 0 saturated carbocycles. The molecular weight excluding hydrogens is 402 g/mol. The predicted molar refractivity (Wildman–Crippen MR) is 100 cm³/mol. The molecule has 14 heteroatoms. The number of aromatic amines is 1. The average molecular weight is 427 g/mol. The number of nitrogens with zero attached hydrogens (tertiary/aromatic N) is 1. The zero-order valence-corrected chi connectivity index (χ0v) is 16.1. The SMILES string of the molecule is CC(O)C(N)C(=O)NC(CC(N)=O)C(=O)NCC(=O)NC(Cc1cnc[nH]1)C(=O)O. The number of aliphatic carboxylic acids is 1. The van der Waals surface area contributed by atoms with Gasteiger partial charge in [-0.15, -0.1) is 0 Å². The van der Waals surface area contributed by atoms with Crippen molar-refractivity contribution in [2.75, 3.05) is 6.54 Å². The van der Waals surface area contributed by atoms with Gasteiger partial charge >= 0.3 is 5.97 Å². The molecule has 0 spiro atoms. The molecule has 1 aromatic rings. The molecule has 166 valence electrons. The van der Waals surface area contributed by atoms with Gasteiger partial charge in [0, 0.05) is 18.3 Å². The summed E-state index contributed by atoms with van der Waals surface area (Å²) in [5, 5.41) is 25.1. The Hall–Kier alpha value is -3.52. The number of H-pyrrole nitrogens is 1. The number of rotatable bonds is 12. The van der Waals surface area contributed by atoms with Crippen LogP contribution in [0.3, 0.4) is 0 Å². The van der Waals surface area contributed by atoms with E-state index >= 15 is 0 Å². The molecule has 10 N–H and O–H groups in total. The van der Waals surface area contributed by atoms with Gasteiger partial charge in [-0.25, -0.2) is 9.78 Å². The Labute approximate surface area is 170 Å². The maximum absolute atomic E-state index is 12.2. The van der Waals surface area contributed by atoms with Crippen LogP contribution in [-0.2, 0) is 30.4 Å². The normalized spacial score (nSPS) is 14.6. The molecule has 0 fully saturated rings. The molecule has 0 aliphatic heterocycles. The van der Waals surface area contributed by atoms with E-state index in [2.05, 4.69) is 25.9 Å². The Bertz CT molecular complexity index is 766. The number of primary amides is 1. The number of aliphatic hydroxyl groups excluding tert-OH is 1. The maximum Gasteiger partial charge on any atom is 0.326 e. The smallest absolute Gasteiger partial charge is 0.326 e. The topological polar surface area (TPSA) is 243 Å². The first-order valence-electron chi connectivity index (χ1n) is 8.80. The number of carbonyl (C=O) groups excluding carboxylic acids is 4. The fraction of sp³-hybridized carbons (Fsp3) is 0.500. The van der Waals surface area contributed by atoms with Gasteiger partial charge in [0.05, 0.1) is 25.4 Å². The summed E-state index contributed by atoms with van der Waals surface area (Å²) in [6.45, 7) is 0.638. The Balaban J connectivity index is 2.65. The first-order valence-corrected chi connectivity index (χ1v) is 8.80. The highest BCUT2D eigenvalue weighted by molar-refractivity contribution is 5.95. The zero-order valence-electron chi connectivity index (χ0n) is 16.1. The van der Waals surface area contributed by atoms with E-state index in [1.165, 1.54) is 19.4 Å². The molecule has 0 aliphatic rings. The monoisotopic (exact) mass is 427 g/mol. The Morgan fingerprint density at radius 3 is 2.33 bits per heavy atom. The lowest BCUT2D eigenvalue weighted by atomic mass is 10.1. The Kier molecular flexibility index (Phi) is 9.38. The summed E-state index contributed by atoms with van der Waals surface area (Å²) in [6.07, 6.45) is 0.901. The molecule has 1 rings (SSSR count). The molecule has 1 aromatic heterocycles. The maximum atomic E-state index is 12.2. The van der Waals surface area contributed by atoms with Gasteiger partial charge in [-0.1, -0.05) is 0 Å². The highest BCUT2D eigenvalue weighted by Gasteiger charge is 2.28. The molecule has 0 bridgehead atoms. The molecule has 0 radical (unpaired) electrons. The van der Waals surface area contributed by atoms with Crippen LogP contribution in [0.1, 0.15) is 19.0 Å². The van der Waals surface area contributed by atoms with Crippen molar-refractivity contribution in [1.82, 2.24) is 25.9 Å². The van der Waals surface area contributed by atoms with Gasteiger partial charge in [-0.05, 0) is 6.92 Å². The number of nitrogens with two attached hydrogens (primary N) is 2.